The lowest BCUT2D eigenvalue weighted by atomic mass is 10.1. The summed E-state index contributed by atoms with van der Waals surface area (Å²) in [5, 5.41) is 0. The number of carbonyl (C=O) groups excluding carboxylic acids is 1. The van der Waals surface area contributed by atoms with Crippen LogP contribution in [0, 0.1) is 0 Å². The van der Waals surface area contributed by atoms with Gasteiger partial charge in [-0.2, -0.15) is 0 Å². The van der Waals surface area contributed by atoms with Gasteiger partial charge in [-0.3, -0.25) is 9.79 Å². The molecule has 1 amide bonds. The average Bonchev–Trinajstić information content (AvgIpc) is 2.15. The molecule has 0 spiro atoms. The van der Waals surface area contributed by atoms with Crippen LogP contribution in [0.15, 0.2) is 4.99 Å². The number of nitrogens with zero attached hydrogens (tertiary/aromatic N) is 1. The second kappa shape index (κ2) is 9.98. The van der Waals surface area contributed by atoms with Crippen molar-refractivity contribution in [2.75, 3.05) is 6.54 Å². The van der Waals surface area contributed by atoms with E-state index in [-0.39, 0.29) is 5.91 Å². The molecule has 0 atom stereocenters. The Morgan fingerprint density at radius 3 is 2.50 bits per heavy atom. The van der Waals surface area contributed by atoms with Gasteiger partial charge < -0.3 is 11.2 Å². The number of hydrazine groups is 1. The Kier molecular flexibility index (Phi) is 9.20. The Bertz CT molecular complexity index is 170. The third-order valence-corrected chi connectivity index (χ3v) is 1.88. The van der Waals surface area contributed by atoms with Crippen LogP contribution in [0.3, 0.4) is 0 Å². The maximum absolute atomic E-state index is 10.4. The predicted octanol–water partition coefficient (Wildman–Crippen LogP) is 0.304. The first-order valence-corrected chi connectivity index (χ1v) is 5.00. The number of aliphatic imine (C=N–C) groups is 1. The fourth-order valence-electron chi connectivity index (χ4n) is 1.15. The van der Waals surface area contributed by atoms with E-state index in [4.69, 9.17) is 11.6 Å². The lowest BCUT2D eigenvalue weighted by Crippen LogP contribution is -2.19. The summed E-state index contributed by atoms with van der Waals surface area (Å²) < 4.78 is 0. The standard InChI is InChI=1S/C9H20N4O/c10-9(14)6-4-2-1-3-5-7-12-8-13-11/h8H,1-7,11H2,(H2,10,14)(H,12,13). The van der Waals surface area contributed by atoms with Gasteiger partial charge in [0.15, 0.2) is 0 Å². The molecule has 0 heterocycles. The molecule has 0 aromatic rings. The van der Waals surface area contributed by atoms with E-state index in [1.807, 2.05) is 0 Å². The van der Waals surface area contributed by atoms with Crippen molar-refractivity contribution < 1.29 is 4.79 Å². The van der Waals surface area contributed by atoms with Crippen molar-refractivity contribution in [2.45, 2.75) is 38.5 Å². The molecule has 14 heavy (non-hydrogen) atoms. The third kappa shape index (κ3) is 10.9. The Balaban J connectivity index is 2.99. The van der Waals surface area contributed by atoms with Gasteiger partial charge >= 0.3 is 0 Å². The lowest BCUT2D eigenvalue weighted by Gasteiger charge is -1.98. The van der Waals surface area contributed by atoms with Crippen molar-refractivity contribution >= 4 is 12.2 Å². The van der Waals surface area contributed by atoms with Crippen molar-refractivity contribution in [1.82, 2.24) is 5.43 Å². The average molecular weight is 200 g/mol. The SMILES string of the molecule is NNC=NCCCCCCCC(N)=O. The van der Waals surface area contributed by atoms with Crippen LogP contribution in [0.1, 0.15) is 38.5 Å². The molecule has 0 aliphatic heterocycles. The summed E-state index contributed by atoms with van der Waals surface area (Å²) in [6, 6.07) is 0. The number of rotatable bonds is 9. The van der Waals surface area contributed by atoms with Crippen LogP contribution in [0.2, 0.25) is 0 Å². The Labute approximate surface area is 84.9 Å². The van der Waals surface area contributed by atoms with Gasteiger partial charge in [-0.1, -0.05) is 19.3 Å². The third-order valence-electron chi connectivity index (χ3n) is 1.88. The molecule has 82 valence electrons. The minimum Gasteiger partial charge on any atom is -0.370 e. The van der Waals surface area contributed by atoms with Crippen LogP contribution < -0.4 is 17.0 Å². The Morgan fingerprint density at radius 2 is 1.86 bits per heavy atom. The van der Waals surface area contributed by atoms with Crippen molar-refractivity contribution in [1.29, 1.82) is 0 Å². The number of carbonyl (C=O) groups is 1. The van der Waals surface area contributed by atoms with Gasteiger partial charge in [0.05, 0.1) is 6.34 Å². The van der Waals surface area contributed by atoms with Gasteiger partial charge in [0.1, 0.15) is 0 Å². The van der Waals surface area contributed by atoms with Crippen LogP contribution >= 0.6 is 0 Å². The number of hydrogen-bond acceptors (Lipinski definition) is 3. The van der Waals surface area contributed by atoms with Gasteiger partial charge in [0, 0.05) is 13.0 Å². The summed E-state index contributed by atoms with van der Waals surface area (Å²) in [5.74, 6) is 4.79. The first-order chi connectivity index (χ1) is 6.77. The number of nitrogens with two attached hydrogens (primary N) is 2. The maximum atomic E-state index is 10.4. The van der Waals surface area contributed by atoms with Crippen LogP contribution in [-0.2, 0) is 4.79 Å². The molecule has 0 fully saturated rings. The molecule has 0 aromatic carbocycles. The van der Waals surface area contributed by atoms with Crippen molar-refractivity contribution in [2.24, 2.45) is 16.6 Å². The summed E-state index contributed by atoms with van der Waals surface area (Å²) in [5.41, 5.74) is 7.36. The fraction of sp³-hybridized carbons (Fsp3) is 0.778. The summed E-state index contributed by atoms with van der Waals surface area (Å²) in [6.45, 7) is 0.806. The van der Waals surface area contributed by atoms with Gasteiger partial charge in [-0.25, -0.2) is 5.84 Å². The number of hydrogen-bond donors (Lipinski definition) is 3. The monoisotopic (exact) mass is 200 g/mol. The van der Waals surface area contributed by atoms with Crippen molar-refractivity contribution in [3.63, 3.8) is 0 Å². The highest BCUT2D eigenvalue weighted by molar-refractivity contribution is 5.73. The molecular formula is C9H20N4O. The topological polar surface area (TPSA) is 93.5 Å². The van der Waals surface area contributed by atoms with Gasteiger partial charge in [0.2, 0.25) is 5.91 Å². The highest BCUT2D eigenvalue weighted by Crippen LogP contribution is 2.04. The zero-order valence-electron chi connectivity index (χ0n) is 8.54. The normalized spacial score (nSPS) is 10.6. The molecule has 5 nitrogen and oxygen atoms in total. The lowest BCUT2D eigenvalue weighted by molar-refractivity contribution is -0.118. The minimum absolute atomic E-state index is 0.205. The van der Waals surface area contributed by atoms with Crippen molar-refractivity contribution in [3.05, 3.63) is 0 Å². The zero-order chi connectivity index (χ0) is 10.6. The molecule has 0 aliphatic carbocycles. The molecular weight excluding hydrogens is 180 g/mol. The molecule has 5 heteroatoms. The molecule has 5 N–H and O–H groups in total. The first kappa shape index (κ1) is 12.9. The van der Waals surface area contributed by atoms with Gasteiger partial charge in [-0.15, -0.1) is 0 Å². The highest BCUT2D eigenvalue weighted by Gasteiger charge is 1.94. The molecule has 0 bridgehead atoms. The predicted molar refractivity (Wildman–Crippen MR) is 57.6 cm³/mol. The van der Waals surface area contributed by atoms with Crippen LogP contribution in [0.25, 0.3) is 0 Å². The first-order valence-electron chi connectivity index (χ1n) is 5.00. The molecule has 0 aromatic heterocycles. The van der Waals surface area contributed by atoms with Gasteiger partial charge in [0.25, 0.3) is 0 Å². The summed E-state index contributed by atoms with van der Waals surface area (Å²) in [4.78, 5) is 14.4. The minimum atomic E-state index is -0.205. The van der Waals surface area contributed by atoms with Crippen LogP contribution in [0.5, 0.6) is 0 Å². The van der Waals surface area contributed by atoms with E-state index in [2.05, 4.69) is 10.4 Å². The van der Waals surface area contributed by atoms with E-state index in [9.17, 15) is 4.79 Å². The van der Waals surface area contributed by atoms with E-state index in [1.165, 1.54) is 6.34 Å². The fourth-order valence-corrected chi connectivity index (χ4v) is 1.15. The van der Waals surface area contributed by atoms with E-state index >= 15 is 0 Å². The van der Waals surface area contributed by atoms with E-state index in [0.29, 0.717) is 6.42 Å². The number of unbranched alkanes of at least 4 members (excludes halogenated alkanes) is 4. The maximum Gasteiger partial charge on any atom is 0.217 e. The Morgan fingerprint density at radius 1 is 1.21 bits per heavy atom. The highest BCUT2D eigenvalue weighted by atomic mass is 16.1. The molecule has 0 rings (SSSR count). The quantitative estimate of drug-likeness (QED) is 0.164. The molecule has 0 radical (unpaired) electrons. The molecule has 0 unspecified atom stereocenters. The van der Waals surface area contributed by atoms with E-state index in [1.54, 1.807) is 0 Å². The number of primary amides is 1. The Hall–Kier alpha value is -1.10. The van der Waals surface area contributed by atoms with Gasteiger partial charge in [-0.05, 0) is 12.8 Å². The largest absolute Gasteiger partial charge is 0.370 e. The van der Waals surface area contributed by atoms with E-state index < -0.39 is 0 Å². The summed E-state index contributed by atoms with van der Waals surface area (Å²) >= 11 is 0. The zero-order valence-corrected chi connectivity index (χ0v) is 8.54. The number of nitrogens with one attached hydrogen (secondary N) is 1. The van der Waals surface area contributed by atoms with Crippen molar-refractivity contribution in [3.8, 4) is 0 Å². The summed E-state index contributed by atoms with van der Waals surface area (Å²) in [7, 11) is 0. The summed E-state index contributed by atoms with van der Waals surface area (Å²) in [6.07, 6.45) is 7.32. The van der Waals surface area contributed by atoms with E-state index in [0.717, 1.165) is 38.6 Å². The van der Waals surface area contributed by atoms with Crippen LogP contribution in [-0.4, -0.2) is 18.8 Å². The second-order valence-electron chi connectivity index (χ2n) is 3.19. The smallest absolute Gasteiger partial charge is 0.217 e. The van der Waals surface area contributed by atoms with Crippen LogP contribution in [0.4, 0.5) is 0 Å². The second-order valence-corrected chi connectivity index (χ2v) is 3.19. The molecule has 0 saturated carbocycles. The molecule has 0 aliphatic rings. The molecule has 0 saturated heterocycles. The number of amides is 1.